The predicted octanol–water partition coefficient (Wildman–Crippen LogP) is 3.93. The number of aromatic nitrogens is 1. The van der Waals surface area contributed by atoms with Gasteiger partial charge in [-0.2, -0.15) is 0 Å². The number of ether oxygens (including phenoxy) is 1. The average molecular weight is 303 g/mol. The lowest BCUT2D eigenvalue weighted by Gasteiger charge is -2.19. The van der Waals surface area contributed by atoms with E-state index < -0.39 is 11.7 Å². The molecule has 0 saturated heterocycles. The number of nitrogens with one attached hydrogen (secondary N) is 1. The lowest BCUT2D eigenvalue weighted by molar-refractivity contribution is 0.0534. The third-order valence-electron chi connectivity index (χ3n) is 1.90. The first-order chi connectivity index (χ1) is 8.78. The third kappa shape index (κ3) is 6.45. The Morgan fingerprint density at radius 3 is 2.68 bits per heavy atom. The Bertz CT molecular complexity index is 482. The van der Waals surface area contributed by atoms with Crippen LogP contribution in [0.2, 0.25) is 10.3 Å². The number of hydrogen-bond acceptors (Lipinski definition) is 3. The van der Waals surface area contributed by atoms with E-state index in [1.165, 1.54) is 0 Å². The second kappa shape index (κ2) is 6.78. The van der Waals surface area contributed by atoms with E-state index in [2.05, 4.69) is 10.3 Å². The van der Waals surface area contributed by atoms with Crippen LogP contribution in [0, 0.1) is 0 Å². The lowest BCUT2D eigenvalue weighted by atomic mass is 10.2. The molecular weight excluding hydrogens is 287 g/mol. The van der Waals surface area contributed by atoms with Crippen LogP contribution in [-0.4, -0.2) is 23.2 Å². The zero-order valence-corrected chi connectivity index (χ0v) is 12.5. The molecule has 6 heteroatoms. The fourth-order valence-electron chi connectivity index (χ4n) is 1.19. The minimum Gasteiger partial charge on any atom is -0.444 e. The number of nitrogens with zero attached hydrogens (tertiary/aromatic N) is 1. The first-order valence-electron chi connectivity index (χ1n) is 5.73. The minimum absolute atomic E-state index is 0.320. The number of pyridine rings is 1. The smallest absolute Gasteiger partial charge is 0.407 e. The molecule has 104 valence electrons. The van der Waals surface area contributed by atoms with E-state index in [4.69, 9.17) is 27.9 Å². The molecule has 0 spiro atoms. The maximum Gasteiger partial charge on any atom is 0.407 e. The first-order valence-corrected chi connectivity index (χ1v) is 6.49. The van der Waals surface area contributed by atoms with E-state index in [1.807, 2.05) is 20.8 Å². The van der Waals surface area contributed by atoms with Crippen molar-refractivity contribution in [3.05, 3.63) is 34.1 Å². The van der Waals surface area contributed by atoms with Crippen molar-refractivity contribution in [1.82, 2.24) is 10.3 Å². The molecule has 0 aliphatic rings. The quantitative estimate of drug-likeness (QED) is 0.861. The molecule has 1 N–H and O–H groups in total. The molecule has 0 fully saturated rings. The average Bonchev–Trinajstić information content (AvgIpc) is 2.24. The van der Waals surface area contributed by atoms with Crippen molar-refractivity contribution in [1.29, 1.82) is 0 Å². The number of alkyl carbamates (subject to hydrolysis) is 1. The molecular formula is C13H16Cl2N2O2. The van der Waals surface area contributed by atoms with Crippen molar-refractivity contribution in [2.75, 3.05) is 6.54 Å². The lowest BCUT2D eigenvalue weighted by Crippen LogP contribution is -2.32. The maximum atomic E-state index is 11.4. The summed E-state index contributed by atoms with van der Waals surface area (Å²) in [5, 5.41) is 3.26. The highest BCUT2D eigenvalue weighted by Gasteiger charge is 2.14. The topological polar surface area (TPSA) is 51.2 Å². The van der Waals surface area contributed by atoms with Crippen LogP contribution in [0.5, 0.6) is 0 Å². The summed E-state index contributed by atoms with van der Waals surface area (Å²) < 4.78 is 5.09. The molecule has 1 heterocycles. The minimum atomic E-state index is -0.503. The number of carbonyl (C=O) groups is 1. The molecule has 0 aliphatic heterocycles. The number of halogens is 2. The summed E-state index contributed by atoms with van der Waals surface area (Å²) in [7, 11) is 0. The highest BCUT2D eigenvalue weighted by molar-refractivity contribution is 6.33. The molecule has 0 bridgehead atoms. The van der Waals surface area contributed by atoms with Gasteiger partial charge in [-0.05, 0) is 32.9 Å². The number of hydrogen-bond donors (Lipinski definition) is 1. The summed E-state index contributed by atoms with van der Waals surface area (Å²) >= 11 is 11.6. The van der Waals surface area contributed by atoms with Crippen LogP contribution in [0.1, 0.15) is 26.3 Å². The van der Waals surface area contributed by atoms with Crippen LogP contribution in [0.4, 0.5) is 4.79 Å². The van der Waals surface area contributed by atoms with Crippen LogP contribution in [0.3, 0.4) is 0 Å². The zero-order valence-electron chi connectivity index (χ0n) is 11.0. The van der Waals surface area contributed by atoms with Crippen LogP contribution in [-0.2, 0) is 4.74 Å². The van der Waals surface area contributed by atoms with Crippen molar-refractivity contribution >= 4 is 35.4 Å². The van der Waals surface area contributed by atoms with Gasteiger partial charge in [0.15, 0.2) is 0 Å². The van der Waals surface area contributed by atoms with E-state index in [0.29, 0.717) is 16.9 Å². The normalized spacial score (nSPS) is 11.6. The molecule has 0 radical (unpaired) electrons. The Labute approximate surface area is 122 Å². The summed E-state index contributed by atoms with van der Waals surface area (Å²) in [4.78, 5) is 15.3. The monoisotopic (exact) mass is 302 g/mol. The van der Waals surface area contributed by atoms with Gasteiger partial charge in [0.2, 0.25) is 0 Å². The van der Waals surface area contributed by atoms with E-state index in [1.54, 1.807) is 24.3 Å². The Kier molecular flexibility index (Phi) is 5.63. The molecule has 0 aliphatic carbocycles. The Hall–Kier alpha value is -1.26. The Balaban J connectivity index is 2.44. The second-order valence-corrected chi connectivity index (χ2v) is 5.54. The van der Waals surface area contributed by atoms with Gasteiger partial charge >= 0.3 is 6.09 Å². The molecule has 4 nitrogen and oxygen atoms in total. The Morgan fingerprint density at radius 2 is 2.11 bits per heavy atom. The van der Waals surface area contributed by atoms with Gasteiger partial charge in [-0.1, -0.05) is 35.4 Å². The van der Waals surface area contributed by atoms with Crippen molar-refractivity contribution in [3.63, 3.8) is 0 Å². The van der Waals surface area contributed by atoms with Gasteiger partial charge in [0.1, 0.15) is 15.9 Å². The van der Waals surface area contributed by atoms with Gasteiger partial charge in [-0.25, -0.2) is 9.78 Å². The van der Waals surface area contributed by atoms with E-state index in [0.717, 1.165) is 5.56 Å². The largest absolute Gasteiger partial charge is 0.444 e. The van der Waals surface area contributed by atoms with E-state index in [9.17, 15) is 4.79 Å². The molecule has 0 aromatic carbocycles. The van der Waals surface area contributed by atoms with E-state index in [-0.39, 0.29) is 0 Å². The van der Waals surface area contributed by atoms with Gasteiger partial charge in [-0.3, -0.25) is 0 Å². The Morgan fingerprint density at radius 1 is 1.42 bits per heavy atom. The molecule has 1 rings (SSSR count). The molecule has 1 amide bonds. The number of carbonyl (C=O) groups excluding carboxylic acids is 1. The summed E-state index contributed by atoms with van der Waals surface area (Å²) in [5.74, 6) is 0. The highest BCUT2D eigenvalue weighted by atomic mass is 35.5. The maximum absolute atomic E-state index is 11.4. The fraction of sp³-hybridized carbons (Fsp3) is 0.385. The predicted molar refractivity (Wildman–Crippen MR) is 77.5 cm³/mol. The molecule has 0 saturated carbocycles. The summed E-state index contributed by atoms with van der Waals surface area (Å²) in [6.45, 7) is 5.76. The number of rotatable bonds is 3. The van der Waals surface area contributed by atoms with Crippen LogP contribution < -0.4 is 5.32 Å². The molecule has 19 heavy (non-hydrogen) atoms. The van der Waals surface area contributed by atoms with Gasteiger partial charge in [-0.15, -0.1) is 0 Å². The third-order valence-corrected chi connectivity index (χ3v) is 2.42. The van der Waals surface area contributed by atoms with Gasteiger partial charge < -0.3 is 10.1 Å². The SMILES string of the molecule is CC(C)(C)OC(=O)NCC=Cc1ccc(Cl)nc1Cl. The van der Waals surface area contributed by atoms with Gasteiger partial charge in [0.05, 0.1) is 0 Å². The second-order valence-electron chi connectivity index (χ2n) is 4.80. The first kappa shape index (κ1) is 15.8. The standard InChI is InChI=1S/C13H16Cl2N2O2/c1-13(2,3)19-12(18)16-8-4-5-9-6-7-10(14)17-11(9)15/h4-7H,8H2,1-3H3,(H,16,18). The van der Waals surface area contributed by atoms with Crippen LogP contribution >= 0.6 is 23.2 Å². The molecule has 0 atom stereocenters. The van der Waals surface area contributed by atoms with Crippen molar-refractivity contribution in [3.8, 4) is 0 Å². The fourth-order valence-corrected chi connectivity index (χ4v) is 1.60. The summed E-state index contributed by atoms with van der Waals surface area (Å²) in [5.41, 5.74) is 0.231. The van der Waals surface area contributed by atoms with Crippen molar-refractivity contribution < 1.29 is 9.53 Å². The summed E-state index contributed by atoms with van der Waals surface area (Å²) in [6.07, 6.45) is 3.04. The van der Waals surface area contributed by atoms with Crippen molar-refractivity contribution in [2.45, 2.75) is 26.4 Å². The summed E-state index contributed by atoms with van der Waals surface area (Å²) in [6, 6.07) is 3.40. The van der Waals surface area contributed by atoms with Crippen LogP contribution in [0.25, 0.3) is 6.08 Å². The van der Waals surface area contributed by atoms with Crippen molar-refractivity contribution in [2.24, 2.45) is 0 Å². The van der Waals surface area contributed by atoms with Gasteiger partial charge in [0, 0.05) is 12.1 Å². The van der Waals surface area contributed by atoms with E-state index >= 15 is 0 Å². The zero-order chi connectivity index (χ0) is 14.5. The highest BCUT2D eigenvalue weighted by Crippen LogP contribution is 2.17. The van der Waals surface area contributed by atoms with Crippen LogP contribution in [0.15, 0.2) is 18.2 Å². The molecule has 0 unspecified atom stereocenters. The molecule has 1 aromatic heterocycles. The molecule has 1 aromatic rings. The van der Waals surface area contributed by atoms with Gasteiger partial charge in [0.25, 0.3) is 0 Å². The number of amides is 1.